The van der Waals surface area contributed by atoms with Gasteiger partial charge in [-0.3, -0.25) is 9.59 Å². The van der Waals surface area contributed by atoms with Gasteiger partial charge >= 0.3 is 0 Å². The Bertz CT molecular complexity index is 572. The van der Waals surface area contributed by atoms with E-state index in [4.69, 9.17) is 0 Å². The Labute approximate surface area is 126 Å². The van der Waals surface area contributed by atoms with Crippen LogP contribution in [0.3, 0.4) is 0 Å². The van der Waals surface area contributed by atoms with Crippen LogP contribution in [0.2, 0.25) is 0 Å². The van der Waals surface area contributed by atoms with E-state index in [1.807, 2.05) is 24.3 Å². The van der Waals surface area contributed by atoms with Crippen molar-refractivity contribution in [1.29, 1.82) is 0 Å². The second-order valence-electron chi connectivity index (χ2n) is 5.44. The summed E-state index contributed by atoms with van der Waals surface area (Å²) in [7, 11) is 0. The van der Waals surface area contributed by atoms with Crippen molar-refractivity contribution in [2.75, 3.05) is 6.54 Å². The number of benzene rings is 1. The second kappa shape index (κ2) is 7.21. The summed E-state index contributed by atoms with van der Waals surface area (Å²) in [6.45, 7) is 4.82. The van der Waals surface area contributed by atoms with Crippen LogP contribution in [-0.2, 0) is 4.79 Å². The fourth-order valence-corrected chi connectivity index (χ4v) is 2.67. The summed E-state index contributed by atoms with van der Waals surface area (Å²) >= 11 is 0. The summed E-state index contributed by atoms with van der Waals surface area (Å²) in [6.07, 6.45) is 4.78. The number of amides is 1. The normalized spacial score (nSPS) is 13.5. The van der Waals surface area contributed by atoms with Crippen LogP contribution < -0.4 is 5.32 Å². The molecule has 1 aliphatic rings. The summed E-state index contributed by atoms with van der Waals surface area (Å²) < 4.78 is 0. The van der Waals surface area contributed by atoms with Crippen LogP contribution in [0, 0.1) is 0 Å². The van der Waals surface area contributed by atoms with E-state index in [1.54, 1.807) is 0 Å². The van der Waals surface area contributed by atoms with Gasteiger partial charge < -0.3 is 5.32 Å². The zero-order valence-electron chi connectivity index (χ0n) is 12.9. The number of allylic oxidation sites excluding steroid dienone is 1. The van der Waals surface area contributed by atoms with E-state index in [9.17, 15) is 9.59 Å². The van der Waals surface area contributed by atoms with Crippen molar-refractivity contribution in [2.45, 2.75) is 46.0 Å². The van der Waals surface area contributed by atoms with Gasteiger partial charge in [0, 0.05) is 12.1 Å². The number of ketones is 1. The molecule has 0 aliphatic heterocycles. The van der Waals surface area contributed by atoms with Gasteiger partial charge in [0.2, 0.25) is 0 Å². The molecule has 0 unspecified atom stereocenters. The van der Waals surface area contributed by atoms with Gasteiger partial charge in [0.1, 0.15) is 0 Å². The molecule has 1 amide bonds. The van der Waals surface area contributed by atoms with E-state index in [2.05, 4.69) is 19.2 Å². The van der Waals surface area contributed by atoms with Crippen LogP contribution >= 0.6 is 0 Å². The summed E-state index contributed by atoms with van der Waals surface area (Å²) in [5.74, 6) is -0.332. The number of nitrogens with one attached hydrogen (secondary N) is 1. The lowest BCUT2D eigenvalue weighted by molar-refractivity contribution is -0.117. The Morgan fingerprint density at radius 3 is 2.38 bits per heavy atom. The van der Waals surface area contributed by atoms with Crippen molar-refractivity contribution < 1.29 is 9.59 Å². The molecule has 112 valence electrons. The molecule has 0 spiro atoms. The molecule has 0 heterocycles. The monoisotopic (exact) mass is 285 g/mol. The van der Waals surface area contributed by atoms with Crippen LogP contribution in [0.1, 0.15) is 61.9 Å². The van der Waals surface area contributed by atoms with E-state index in [0.29, 0.717) is 17.7 Å². The van der Waals surface area contributed by atoms with Crippen molar-refractivity contribution in [2.24, 2.45) is 0 Å². The average molecular weight is 285 g/mol. The van der Waals surface area contributed by atoms with Crippen molar-refractivity contribution in [3.05, 3.63) is 41.0 Å². The van der Waals surface area contributed by atoms with E-state index in [-0.39, 0.29) is 11.7 Å². The molecular weight excluding hydrogens is 262 g/mol. The summed E-state index contributed by atoms with van der Waals surface area (Å²) in [5, 5.41) is 2.88. The predicted molar refractivity (Wildman–Crippen MR) is 85.1 cm³/mol. The molecule has 0 bridgehead atoms. The lowest BCUT2D eigenvalue weighted by Crippen LogP contribution is -2.28. The van der Waals surface area contributed by atoms with Gasteiger partial charge in [-0.25, -0.2) is 0 Å². The van der Waals surface area contributed by atoms with Gasteiger partial charge in [-0.1, -0.05) is 51.0 Å². The highest BCUT2D eigenvalue weighted by atomic mass is 16.2. The van der Waals surface area contributed by atoms with Gasteiger partial charge in [0.05, 0.1) is 5.57 Å². The lowest BCUT2D eigenvalue weighted by Gasteiger charge is -2.08. The highest BCUT2D eigenvalue weighted by Crippen LogP contribution is 2.36. The number of Topliss-reactive ketones (excluding diaryl/α,β-unsaturated/α-hetero) is 1. The second-order valence-corrected chi connectivity index (χ2v) is 5.44. The highest BCUT2D eigenvalue weighted by Gasteiger charge is 2.32. The molecule has 2 rings (SSSR count). The van der Waals surface area contributed by atoms with Crippen LogP contribution in [0.5, 0.6) is 0 Å². The zero-order chi connectivity index (χ0) is 15.2. The molecule has 0 saturated carbocycles. The van der Waals surface area contributed by atoms with Gasteiger partial charge in [-0.05, 0) is 30.4 Å². The molecule has 1 aromatic rings. The lowest BCUT2D eigenvalue weighted by atomic mass is 10.00. The molecule has 1 aliphatic carbocycles. The standard InChI is InChI=1S/C18H23NO2/c1-3-5-9-14-13-10-7-8-11-15(13)17(20)16(14)18(21)19-12-6-4-2/h7-8,10-11H,3-6,9,12H2,1-2H3,(H,19,21). The average Bonchev–Trinajstić information content (AvgIpc) is 2.78. The predicted octanol–water partition coefficient (Wildman–Crippen LogP) is 3.74. The smallest absolute Gasteiger partial charge is 0.255 e. The molecule has 0 atom stereocenters. The van der Waals surface area contributed by atoms with E-state index in [1.165, 1.54) is 0 Å². The minimum Gasteiger partial charge on any atom is -0.352 e. The minimum atomic E-state index is -0.212. The number of hydrogen-bond donors (Lipinski definition) is 1. The third kappa shape index (κ3) is 3.23. The third-order valence-corrected chi connectivity index (χ3v) is 3.85. The van der Waals surface area contributed by atoms with Gasteiger partial charge in [-0.2, -0.15) is 0 Å². The maximum absolute atomic E-state index is 12.5. The van der Waals surface area contributed by atoms with Crippen molar-refractivity contribution in [3.8, 4) is 0 Å². The molecule has 3 nitrogen and oxygen atoms in total. The molecule has 0 aromatic heterocycles. The summed E-state index contributed by atoms with van der Waals surface area (Å²) in [5.41, 5.74) is 2.90. The Morgan fingerprint density at radius 2 is 1.71 bits per heavy atom. The molecule has 1 aromatic carbocycles. The largest absolute Gasteiger partial charge is 0.352 e. The molecule has 3 heteroatoms. The van der Waals surface area contributed by atoms with E-state index >= 15 is 0 Å². The van der Waals surface area contributed by atoms with Crippen molar-refractivity contribution in [3.63, 3.8) is 0 Å². The Balaban J connectivity index is 2.30. The molecule has 0 radical (unpaired) electrons. The number of carbonyl (C=O) groups excluding carboxylic acids is 2. The summed E-state index contributed by atoms with van der Waals surface area (Å²) in [4.78, 5) is 24.9. The molecular formula is C18H23NO2. The van der Waals surface area contributed by atoms with Gasteiger partial charge in [0.15, 0.2) is 5.78 Å². The number of rotatable bonds is 7. The van der Waals surface area contributed by atoms with E-state index < -0.39 is 0 Å². The molecule has 0 fully saturated rings. The van der Waals surface area contributed by atoms with Crippen molar-refractivity contribution in [1.82, 2.24) is 5.32 Å². The quantitative estimate of drug-likeness (QED) is 0.612. The number of hydrogen-bond acceptors (Lipinski definition) is 2. The molecule has 0 saturated heterocycles. The van der Waals surface area contributed by atoms with Gasteiger partial charge in [-0.15, -0.1) is 0 Å². The topological polar surface area (TPSA) is 46.2 Å². The zero-order valence-corrected chi connectivity index (χ0v) is 12.9. The number of unbranched alkanes of at least 4 members (excludes halogenated alkanes) is 2. The van der Waals surface area contributed by atoms with Crippen LogP contribution in [-0.4, -0.2) is 18.2 Å². The Morgan fingerprint density at radius 1 is 1.05 bits per heavy atom. The first-order chi connectivity index (χ1) is 10.2. The fourth-order valence-electron chi connectivity index (χ4n) is 2.67. The Hall–Kier alpha value is -1.90. The SMILES string of the molecule is CCCCNC(=O)C1=C(CCCC)c2ccccc2C1=O. The first-order valence-corrected chi connectivity index (χ1v) is 7.86. The first-order valence-electron chi connectivity index (χ1n) is 7.86. The Kier molecular flexibility index (Phi) is 5.32. The highest BCUT2D eigenvalue weighted by molar-refractivity contribution is 6.34. The van der Waals surface area contributed by atoms with Gasteiger partial charge in [0.25, 0.3) is 5.91 Å². The van der Waals surface area contributed by atoms with E-state index in [0.717, 1.165) is 43.2 Å². The molecule has 1 N–H and O–H groups in total. The third-order valence-electron chi connectivity index (χ3n) is 3.85. The first kappa shape index (κ1) is 15.5. The number of fused-ring (bicyclic) bond motifs is 1. The van der Waals surface area contributed by atoms with Crippen LogP contribution in [0.25, 0.3) is 5.57 Å². The molecule has 21 heavy (non-hydrogen) atoms. The maximum atomic E-state index is 12.5. The maximum Gasteiger partial charge on any atom is 0.255 e. The fraction of sp³-hybridized carbons (Fsp3) is 0.444. The van der Waals surface area contributed by atoms with Crippen molar-refractivity contribution >= 4 is 17.3 Å². The van der Waals surface area contributed by atoms with Crippen LogP contribution in [0.15, 0.2) is 29.8 Å². The van der Waals surface area contributed by atoms with Crippen LogP contribution in [0.4, 0.5) is 0 Å². The minimum absolute atomic E-state index is 0.120. The number of carbonyl (C=O) groups is 2. The summed E-state index contributed by atoms with van der Waals surface area (Å²) in [6, 6.07) is 7.54.